The van der Waals surface area contributed by atoms with Gasteiger partial charge in [-0.3, -0.25) is 4.90 Å². The maximum Gasteiger partial charge on any atom is 0.416 e. The molecule has 1 fully saturated rings. The highest BCUT2D eigenvalue weighted by molar-refractivity contribution is 7.19. The molecule has 1 aliphatic heterocycles. The van der Waals surface area contributed by atoms with Gasteiger partial charge in [0.1, 0.15) is 16.5 Å². The maximum atomic E-state index is 13.1. The van der Waals surface area contributed by atoms with Crippen LogP contribution in [0, 0.1) is 0 Å². The first kappa shape index (κ1) is 19.7. The van der Waals surface area contributed by atoms with Crippen molar-refractivity contribution >= 4 is 33.1 Å². The monoisotopic (exact) mass is 434 g/mol. The number of benzene rings is 1. The molecule has 0 unspecified atom stereocenters. The van der Waals surface area contributed by atoms with Crippen molar-refractivity contribution < 1.29 is 17.9 Å². The lowest BCUT2D eigenvalue weighted by molar-refractivity contribution is -0.137. The lowest BCUT2D eigenvalue weighted by atomic mass is 10.1. The molecule has 158 valence electrons. The number of nitrogens with one attached hydrogen (secondary N) is 1. The van der Waals surface area contributed by atoms with Crippen LogP contribution in [-0.4, -0.2) is 41.2 Å². The number of anilines is 2. The van der Waals surface area contributed by atoms with Crippen LogP contribution in [0.5, 0.6) is 0 Å². The van der Waals surface area contributed by atoms with Gasteiger partial charge in [0.15, 0.2) is 0 Å². The van der Waals surface area contributed by atoms with Gasteiger partial charge in [0, 0.05) is 23.7 Å². The van der Waals surface area contributed by atoms with Gasteiger partial charge in [0.2, 0.25) is 0 Å². The third-order valence-electron chi connectivity index (χ3n) is 5.53. The summed E-state index contributed by atoms with van der Waals surface area (Å²) in [5.41, 5.74) is 0.935. The Kier molecular flexibility index (Phi) is 5.12. The Labute approximate surface area is 175 Å². The molecule has 0 bridgehead atoms. The second kappa shape index (κ2) is 7.79. The number of alkyl halides is 3. The second-order valence-electron chi connectivity index (χ2n) is 7.62. The summed E-state index contributed by atoms with van der Waals surface area (Å²) in [6, 6.07) is 5.25. The van der Waals surface area contributed by atoms with E-state index < -0.39 is 11.7 Å². The molecule has 2 aliphatic rings. The number of halogens is 3. The summed E-state index contributed by atoms with van der Waals surface area (Å²) >= 11 is 1.68. The van der Waals surface area contributed by atoms with Crippen LogP contribution in [0.25, 0.3) is 10.2 Å². The Morgan fingerprint density at radius 3 is 2.77 bits per heavy atom. The van der Waals surface area contributed by atoms with Crippen LogP contribution in [0.3, 0.4) is 0 Å². The Balaban J connectivity index is 1.53. The summed E-state index contributed by atoms with van der Waals surface area (Å²) in [4.78, 5) is 14.0. The molecule has 3 aromatic rings. The molecule has 5 rings (SSSR count). The number of hydrogen-bond acceptors (Lipinski definition) is 6. The lowest BCUT2D eigenvalue weighted by Gasteiger charge is -2.25. The predicted molar refractivity (Wildman–Crippen MR) is 110 cm³/mol. The molecule has 0 atom stereocenters. The fraction of sp³-hybridized carbons (Fsp3) is 0.429. The molecule has 1 saturated heterocycles. The van der Waals surface area contributed by atoms with E-state index in [0.717, 1.165) is 54.7 Å². The Morgan fingerprint density at radius 1 is 1.13 bits per heavy atom. The summed E-state index contributed by atoms with van der Waals surface area (Å²) in [5.74, 6) is 1.28. The van der Waals surface area contributed by atoms with Gasteiger partial charge in [-0.1, -0.05) is 6.07 Å². The molecule has 0 spiro atoms. The molecule has 30 heavy (non-hydrogen) atoms. The third kappa shape index (κ3) is 3.89. The maximum absolute atomic E-state index is 13.1. The van der Waals surface area contributed by atoms with Crippen molar-refractivity contribution in [3.63, 3.8) is 0 Å². The molecule has 0 amide bonds. The van der Waals surface area contributed by atoms with Gasteiger partial charge in [-0.25, -0.2) is 9.97 Å². The number of thiophene rings is 1. The van der Waals surface area contributed by atoms with E-state index in [0.29, 0.717) is 37.1 Å². The molecule has 1 aliphatic carbocycles. The van der Waals surface area contributed by atoms with Gasteiger partial charge in [-0.05, 0) is 43.0 Å². The zero-order valence-corrected chi connectivity index (χ0v) is 17.1. The third-order valence-corrected chi connectivity index (χ3v) is 6.72. The number of nitrogens with zero attached hydrogens (tertiary/aromatic N) is 3. The van der Waals surface area contributed by atoms with E-state index in [4.69, 9.17) is 14.7 Å². The predicted octanol–water partition coefficient (Wildman–Crippen LogP) is 4.77. The van der Waals surface area contributed by atoms with Crippen LogP contribution in [0.15, 0.2) is 24.3 Å². The number of fused-ring (bicyclic) bond motifs is 3. The largest absolute Gasteiger partial charge is 0.416 e. The van der Waals surface area contributed by atoms with Crippen molar-refractivity contribution in [2.75, 3.05) is 31.6 Å². The van der Waals surface area contributed by atoms with Crippen molar-refractivity contribution in [3.8, 4) is 0 Å². The Bertz CT molecular complexity index is 1080. The minimum absolute atomic E-state index is 0.375. The highest BCUT2D eigenvalue weighted by atomic mass is 32.1. The summed E-state index contributed by atoms with van der Waals surface area (Å²) in [7, 11) is 0. The second-order valence-corrected chi connectivity index (χ2v) is 8.70. The van der Waals surface area contributed by atoms with E-state index in [2.05, 4.69) is 10.2 Å². The molecule has 2 aromatic heterocycles. The standard InChI is InChI=1S/C21H21F3N4OS/c22-21(23,24)13-3-1-4-14(11-13)25-19-18-15-5-2-6-16(15)30-20(18)27-17(26-19)12-28-7-9-29-10-8-28/h1,3-4,11H,2,5-10,12H2,(H,25,26,27). The normalized spacial score (nSPS) is 17.4. The topological polar surface area (TPSA) is 50.3 Å². The van der Waals surface area contributed by atoms with Crippen molar-refractivity contribution in [3.05, 3.63) is 46.1 Å². The fourth-order valence-corrected chi connectivity index (χ4v) is 5.35. The van der Waals surface area contributed by atoms with Gasteiger partial charge in [0.25, 0.3) is 0 Å². The molecule has 5 nitrogen and oxygen atoms in total. The summed E-state index contributed by atoms with van der Waals surface area (Å²) in [6.45, 7) is 3.60. The highest BCUT2D eigenvalue weighted by Gasteiger charge is 2.30. The van der Waals surface area contributed by atoms with E-state index in [1.54, 1.807) is 17.4 Å². The quantitative estimate of drug-likeness (QED) is 0.641. The van der Waals surface area contributed by atoms with Crippen LogP contribution in [0.1, 0.15) is 28.2 Å². The van der Waals surface area contributed by atoms with Crippen molar-refractivity contribution in [1.29, 1.82) is 0 Å². The van der Waals surface area contributed by atoms with E-state index in [-0.39, 0.29) is 0 Å². The SMILES string of the molecule is FC(F)(F)c1cccc(Nc2nc(CN3CCOCC3)nc3sc4c(c23)CCC4)c1. The van der Waals surface area contributed by atoms with Gasteiger partial charge >= 0.3 is 6.18 Å². The summed E-state index contributed by atoms with van der Waals surface area (Å²) in [5, 5.41) is 4.12. The van der Waals surface area contributed by atoms with E-state index in [1.165, 1.54) is 16.5 Å². The average molecular weight is 434 g/mol. The first-order valence-electron chi connectivity index (χ1n) is 10.0. The molecule has 9 heteroatoms. The van der Waals surface area contributed by atoms with Crippen molar-refractivity contribution in [1.82, 2.24) is 14.9 Å². The van der Waals surface area contributed by atoms with Gasteiger partial charge in [0.05, 0.1) is 30.7 Å². The van der Waals surface area contributed by atoms with Gasteiger partial charge < -0.3 is 10.1 Å². The van der Waals surface area contributed by atoms with Crippen LogP contribution >= 0.6 is 11.3 Å². The van der Waals surface area contributed by atoms with Crippen LogP contribution in [0.4, 0.5) is 24.7 Å². The molecule has 0 radical (unpaired) electrons. The van der Waals surface area contributed by atoms with Crippen molar-refractivity contribution in [2.45, 2.75) is 32.0 Å². The lowest BCUT2D eigenvalue weighted by Crippen LogP contribution is -2.36. The number of hydrogen-bond donors (Lipinski definition) is 1. The van der Waals surface area contributed by atoms with E-state index >= 15 is 0 Å². The molecular formula is C21H21F3N4OS. The number of morpholine rings is 1. The fourth-order valence-electron chi connectivity index (χ4n) is 4.07. The van der Waals surface area contributed by atoms with Gasteiger partial charge in [-0.2, -0.15) is 13.2 Å². The number of ether oxygens (including phenoxy) is 1. The average Bonchev–Trinajstić information content (AvgIpc) is 3.29. The number of aromatic nitrogens is 2. The summed E-state index contributed by atoms with van der Waals surface area (Å²) < 4.78 is 44.8. The zero-order valence-electron chi connectivity index (χ0n) is 16.3. The minimum atomic E-state index is -4.39. The molecular weight excluding hydrogens is 413 g/mol. The molecule has 1 N–H and O–H groups in total. The van der Waals surface area contributed by atoms with Crippen LogP contribution in [-0.2, 0) is 30.3 Å². The first-order valence-corrected chi connectivity index (χ1v) is 10.8. The zero-order chi connectivity index (χ0) is 20.7. The Hall–Kier alpha value is -2.23. The van der Waals surface area contributed by atoms with Crippen LogP contribution in [0.2, 0.25) is 0 Å². The van der Waals surface area contributed by atoms with E-state index in [1.807, 2.05) is 0 Å². The highest BCUT2D eigenvalue weighted by Crippen LogP contribution is 2.40. The smallest absolute Gasteiger partial charge is 0.379 e. The van der Waals surface area contributed by atoms with Crippen LogP contribution < -0.4 is 5.32 Å². The first-order chi connectivity index (χ1) is 14.5. The number of rotatable bonds is 4. The Morgan fingerprint density at radius 2 is 1.97 bits per heavy atom. The van der Waals surface area contributed by atoms with Gasteiger partial charge in [-0.15, -0.1) is 11.3 Å². The molecule has 0 saturated carbocycles. The molecule has 3 heterocycles. The van der Waals surface area contributed by atoms with Crippen molar-refractivity contribution in [2.24, 2.45) is 0 Å². The summed E-state index contributed by atoms with van der Waals surface area (Å²) in [6.07, 6.45) is -1.31. The minimum Gasteiger partial charge on any atom is -0.379 e. The van der Waals surface area contributed by atoms with E-state index in [9.17, 15) is 13.2 Å². The number of aryl methyl sites for hydroxylation is 2. The molecule has 1 aromatic carbocycles.